The second-order valence-electron chi connectivity index (χ2n) is 8.01. The molecule has 0 radical (unpaired) electrons. The molecule has 5 nitrogen and oxygen atoms in total. The van der Waals surface area contributed by atoms with Crippen molar-refractivity contribution < 1.29 is 14.0 Å². The highest BCUT2D eigenvalue weighted by molar-refractivity contribution is 5.96. The summed E-state index contributed by atoms with van der Waals surface area (Å²) in [6.45, 7) is 5.17. The molecule has 1 saturated heterocycles. The van der Waals surface area contributed by atoms with Crippen LogP contribution in [-0.4, -0.2) is 42.9 Å². The first-order chi connectivity index (χ1) is 14.5. The van der Waals surface area contributed by atoms with E-state index in [9.17, 15) is 14.0 Å². The van der Waals surface area contributed by atoms with Gasteiger partial charge in [0.2, 0.25) is 0 Å². The van der Waals surface area contributed by atoms with Gasteiger partial charge >= 0.3 is 6.03 Å². The summed E-state index contributed by atoms with van der Waals surface area (Å²) in [5.74, 6) is 0.374. The highest BCUT2D eigenvalue weighted by Crippen LogP contribution is 2.21. The Balaban J connectivity index is 1.35. The second kappa shape index (κ2) is 10.9. The van der Waals surface area contributed by atoms with Crippen LogP contribution in [0.15, 0.2) is 48.5 Å². The molecule has 0 spiro atoms. The van der Waals surface area contributed by atoms with Crippen LogP contribution in [0.2, 0.25) is 0 Å². The van der Waals surface area contributed by atoms with Gasteiger partial charge in [-0.15, -0.1) is 0 Å². The summed E-state index contributed by atoms with van der Waals surface area (Å²) in [4.78, 5) is 26.0. The SMILES string of the molecule is CC(=O)c1cccc(NC(=O)NCCCN2CCCC(Cc3ccc(F)cc3)C2)c1. The molecular weight excluding hydrogens is 381 g/mol. The number of anilines is 1. The Labute approximate surface area is 177 Å². The van der Waals surface area contributed by atoms with Crippen LogP contribution in [0.5, 0.6) is 0 Å². The summed E-state index contributed by atoms with van der Waals surface area (Å²) in [5, 5.41) is 5.65. The number of Topliss-reactive ketones (excluding diaryl/α,β-unsaturated/α-hetero) is 1. The number of benzene rings is 2. The van der Waals surface area contributed by atoms with E-state index in [1.54, 1.807) is 24.3 Å². The Kier molecular flexibility index (Phi) is 7.97. The predicted molar refractivity (Wildman–Crippen MR) is 117 cm³/mol. The Hall–Kier alpha value is -2.73. The minimum Gasteiger partial charge on any atom is -0.338 e. The summed E-state index contributed by atoms with van der Waals surface area (Å²) in [6.07, 6.45) is 4.24. The van der Waals surface area contributed by atoms with Crippen LogP contribution in [0.25, 0.3) is 0 Å². The Morgan fingerprint density at radius 1 is 1.17 bits per heavy atom. The largest absolute Gasteiger partial charge is 0.338 e. The third kappa shape index (κ3) is 6.95. The van der Waals surface area contributed by atoms with Gasteiger partial charge in [0.15, 0.2) is 5.78 Å². The van der Waals surface area contributed by atoms with Crippen LogP contribution in [0.3, 0.4) is 0 Å². The zero-order valence-corrected chi connectivity index (χ0v) is 17.5. The summed E-state index contributed by atoms with van der Waals surface area (Å²) in [5.41, 5.74) is 2.38. The van der Waals surface area contributed by atoms with Crippen molar-refractivity contribution in [2.24, 2.45) is 5.92 Å². The number of hydrogen-bond donors (Lipinski definition) is 2. The molecule has 2 aromatic rings. The van der Waals surface area contributed by atoms with Crippen molar-refractivity contribution in [2.45, 2.75) is 32.6 Å². The predicted octanol–water partition coefficient (Wildman–Crippen LogP) is 4.49. The van der Waals surface area contributed by atoms with Gasteiger partial charge in [0.25, 0.3) is 0 Å². The van der Waals surface area contributed by atoms with Crippen molar-refractivity contribution in [1.82, 2.24) is 10.2 Å². The van der Waals surface area contributed by atoms with Gasteiger partial charge in [0.1, 0.15) is 5.82 Å². The standard InChI is InChI=1S/C24H30FN3O2/c1-18(29)21-6-2-7-23(16-21)27-24(30)26-12-4-14-28-13-3-5-20(17-28)15-19-8-10-22(25)11-9-19/h2,6-11,16,20H,3-5,12-15,17H2,1H3,(H2,26,27,30). The van der Waals surface area contributed by atoms with E-state index in [2.05, 4.69) is 15.5 Å². The van der Waals surface area contributed by atoms with Gasteiger partial charge in [0, 0.05) is 24.3 Å². The lowest BCUT2D eigenvalue weighted by Crippen LogP contribution is -2.38. The maximum Gasteiger partial charge on any atom is 0.319 e. The Bertz CT molecular complexity index is 854. The Morgan fingerprint density at radius 2 is 1.97 bits per heavy atom. The number of ketones is 1. The fourth-order valence-electron chi connectivity index (χ4n) is 3.97. The molecule has 3 rings (SSSR count). The number of hydrogen-bond acceptors (Lipinski definition) is 3. The number of likely N-dealkylation sites (tertiary alicyclic amines) is 1. The molecule has 1 unspecified atom stereocenters. The molecular formula is C24H30FN3O2. The van der Waals surface area contributed by atoms with E-state index in [0.717, 1.165) is 32.5 Å². The summed E-state index contributed by atoms with van der Waals surface area (Å²) < 4.78 is 13.1. The molecule has 1 aliphatic heterocycles. The number of nitrogens with zero attached hydrogens (tertiary/aromatic N) is 1. The van der Waals surface area contributed by atoms with Crippen LogP contribution in [0.4, 0.5) is 14.9 Å². The molecule has 1 aliphatic rings. The van der Waals surface area contributed by atoms with Crippen molar-refractivity contribution in [3.05, 3.63) is 65.5 Å². The van der Waals surface area contributed by atoms with Crippen LogP contribution in [-0.2, 0) is 6.42 Å². The molecule has 1 heterocycles. The van der Waals surface area contributed by atoms with Crippen LogP contribution >= 0.6 is 0 Å². The van der Waals surface area contributed by atoms with E-state index in [0.29, 0.717) is 23.7 Å². The zero-order chi connectivity index (χ0) is 21.3. The van der Waals surface area contributed by atoms with E-state index in [-0.39, 0.29) is 17.6 Å². The van der Waals surface area contributed by atoms with Crippen LogP contribution in [0, 0.1) is 11.7 Å². The number of amides is 2. The normalized spacial score (nSPS) is 16.8. The molecule has 160 valence electrons. The second-order valence-corrected chi connectivity index (χ2v) is 8.01. The smallest absolute Gasteiger partial charge is 0.319 e. The number of piperidine rings is 1. The molecule has 30 heavy (non-hydrogen) atoms. The lowest BCUT2D eigenvalue weighted by Gasteiger charge is -2.32. The van der Waals surface area contributed by atoms with Crippen molar-refractivity contribution >= 4 is 17.5 Å². The fourth-order valence-corrected chi connectivity index (χ4v) is 3.97. The third-order valence-corrected chi connectivity index (χ3v) is 5.50. The van der Waals surface area contributed by atoms with Crippen LogP contribution < -0.4 is 10.6 Å². The highest BCUT2D eigenvalue weighted by Gasteiger charge is 2.19. The number of nitrogens with one attached hydrogen (secondary N) is 2. The van der Waals surface area contributed by atoms with Gasteiger partial charge in [-0.2, -0.15) is 0 Å². The highest BCUT2D eigenvalue weighted by atomic mass is 19.1. The average molecular weight is 412 g/mol. The molecule has 1 fully saturated rings. The summed E-state index contributed by atoms with van der Waals surface area (Å²) in [6, 6.07) is 13.5. The maximum absolute atomic E-state index is 13.1. The monoisotopic (exact) mass is 411 g/mol. The first-order valence-electron chi connectivity index (χ1n) is 10.6. The van der Waals surface area contributed by atoms with Gasteiger partial charge < -0.3 is 15.5 Å². The lowest BCUT2D eigenvalue weighted by molar-refractivity contribution is 0.101. The fraction of sp³-hybridized carbons (Fsp3) is 0.417. The minimum atomic E-state index is -0.261. The van der Waals surface area contributed by atoms with E-state index in [1.165, 1.54) is 37.5 Å². The van der Waals surface area contributed by atoms with Gasteiger partial charge in [-0.3, -0.25) is 4.79 Å². The number of rotatable bonds is 8. The quantitative estimate of drug-likeness (QED) is 0.497. The third-order valence-electron chi connectivity index (χ3n) is 5.50. The van der Waals surface area contributed by atoms with Gasteiger partial charge in [-0.05, 0) is 81.4 Å². The zero-order valence-electron chi connectivity index (χ0n) is 17.5. The number of urea groups is 1. The lowest BCUT2D eigenvalue weighted by atomic mass is 9.91. The molecule has 0 aromatic heterocycles. The maximum atomic E-state index is 13.1. The van der Waals surface area contributed by atoms with E-state index in [4.69, 9.17) is 0 Å². The molecule has 1 atom stereocenters. The molecule has 2 aromatic carbocycles. The van der Waals surface area contributed by atoms with Crippen molar-refractivity contribution in [3.63, 3.8) is 0 Å². The molecule has 2 amide bonds. The minimum absolute atomic E-state index is 0.0293. The summed E-state index contributed by atoms with van der Waals surface area (Å²) in [7, 11) is 0. The number of carbonyl (C=O) groups is 2. The average Bonchev–Trinajstić information content (AvgIpc) is 2.73. The number of halogens is 1. The van der Waals surface area contributed by atoms with Crippen molar-refractivity contribution in [2.75, 3.05) is 31.5 Å². The first-order valence-corrected chi connectivity index (χ1v) is 10.6. The van der Waals surface area contributed by atoms with Gasteiger partial charge in [0.05, 0.1) is 0 Å². The molecule has 0 saturated carbocycles. The van der Waals surface area contributed by atoms with Gasteiger partial charge in [-0.25, -0.2) is 9.18 Å². The van der Waals surface area contributed by atoms with E-state index < -0.39 is 0 Å². The first kappa shape index (κ1) is 22.0. The van der Waals surface area contributed by atoms with Crippen molar-refractivity contribution in [3.8, 4) is 0 Å². The van der Waals surface area contributed by atoms with Crippen LogP contribution in [0.1, 0.15) is 42.1 Å². The van der Waals surface area contributed by atoms with E-state index >= 15 is 0 Å². The van der Waals surface area contributed by atoms with E-state index in [1.807, 2.05) is 12.1 Å². The number of carbonyl (C=O) groups excluding carboxylic acids is 2. The summed E-state index contributed by atoms with van der Waals surface area (Å²) >= 11 is 0. The Morgan fingerprint density at radius 3 is 2.73 bits per heavy atom. The topological polar surface area (TPSA) is 61.4 Å². The molecule has 2 N–H and O–H groups in total. The molecule has 6 heteroatoms. The van der Waals surface area contributed by atoms with Crippen molar-refractivity contribution in [1.29, 1.82) is 0 Å². The molecule has 0 aliphatic carbocycles. The van der Waals surface area contributed by atoms with Gasteiger partial charge in [-0.1, -0.05) is 24.3 Å². The molecule has 0 bridgehead atoms.